The minimum absolute atomic E-state index is 0.177. The fourth-order valence-corrected chi connectivity index (χ4v) is 4.38. The molecular formula is C23H20ClFN6O2. The standard InChI is InChI=1S/C23H20ClFN6O2/c1-12-7-15-21(16(24)9-17(25)22(15)33-2)31(12)6-5-26-20-10-19(27-11-28-20)13-3-4-18-14(8-13)23(32)30-29-18/h3-4,7-11H,5-6H2,1-2H3,(H,26,27,28)(H2,29,30,32). The number of hydrogen-bond acceptors (Lipinski definition) is 5. The molecule has 33 heavy (non-hydrogen) atoms. The van der Waals surface area contributed by atoms with Gasteiger partial charge in [-0.25, -0.2) is 14.4 Å². The molecule has 0 spiro atoms. The van der Waals surface area contributed by atoms with E-state index in [2.05, 4.69) is 25.5 Å². The molecule has 168 valence electrons. The highest BCUT2D eigenvalue weighted by Crippen LogP contribution is 2.36. The molecule has 10 heteroatoms. The largest absolute Gasteiger partial charge is 0.493 e. The monoisotopic (exact) mass is 466 g/mol. The van der Waals surface area contributed by atoms with Crippen LogP contribution < -0.4 is 15.6 Å². The van der Waals surface area contributed by atoms with Crippen molar-refractivity contribution in [3.8, 4) is 17.0 Å². The number of fused-ring (bicyclic) bond motifs is 2. The fourth-order valence-electron chi connectivity index (χ4n) is 4.08. The molecule has 3 heterocycles. The van der Waals surface area contributed by atoms with Gasteiger partial charge in [-0.15, -0.1) is 0 Å². The number of rotatable bonds is 6. The zero-order valence-electron chi connectivity index (χ0n) is 17.9. The summed E-state index contributed by atoms with van der Waals surface area (Å²) in [5.74, 6) is 0.341. The van der Waals surface area contributed by atoms with E-state index < -0.39 is 5.82 Å². The maximum Gasteiger partial charge on any atom is 0.271 e. The van der Waals surface area contributed by atoms with E-state index in [1.807, 2.05) is 35.8 Å². The summed E-state index contributed by atoms with van der Waals surface area (Å²) < 4.78 is 21.4. The van der Waals surface area contributed by atoms with Crippen molar-refractivity contribution in [2.24, 2.45) is 0 Å². The summed E-state index contributed by atoms with van der Waals surface area (Å²) in [6, 6.07) is 10.5. The molecule has 5 rings (SSSR count). The Morgan fingerprint density at radius 1 is 1.15 bits per heavy atom. The SMILES string of the molecule is COc1c(F)cc(Cl)c2c1cc(C)n2CCNc1cc(-c2ccc3[nH][nH]c(=O)c3c2)ncn1. The average molecular weight is 467 g/mol. The molecule has 2 aromatic carbocycles. The van der Waals surface area contributed by atoms with Gasteiger partial charge in [0.25, 0.3) is 5.56 Å². The fraction of sp³-hybridized carbons (Fsp3) is 0.174. The van der Waals surface area contributed by atoms with Gasteiger partial charge in [-0.2, -0.15) is 0 Å². The van der Waals surface area contributed by atoms with Crippen LogP contribution in [0.15, 0.2) is 47.5 Å². The van der Waals surface area contributed by atoms with Gasteiger partial charge in [-0.1, -0.05) is 17.7 Å². The Kier molecular flexibility index (Phi) is 5.26. The lowest BCUT2D eigenvalue weighted by Gasteiger charge is -2.12. The van der Waals surface area contributed by atoms with Gasteiger partial charge in [0.15, 0.2) is 11.6 Å². The molecule has 0 unspecified atom stereocenters. The summed E-state index contributed by atoms with van der Waals surface area (Å²) in [7, 11) is 1.44. The number of halogens is 2. The van der Waals surface area contributed by atoms with Gasteiger partial charge in [0.1, 0.15) is 12.1 Å². The van der Waals surface area contributed by atoms with Gasteiger partial charge in [0.05, 0.1) is 34.2 Å². The van der Waals surface area contributed by atoms with Crippen molar-refractivity contribution in [3.63, 3.8) is 0 Å². The molecule has 5 aromatic rings. The number of aromatic nitrogens is 5. The van der Waals surface area contributed by atoms with Crippen molar-refractivity contribution in [2.45, 2.75) is 13.5 Å². The zero-order valence-corrected chi connectivity index (χ0v) is 18.6. The third kappa shape index (κ3) is 3.70. The molecule has 0 fully saturated rings. The van der Waals surface area contributed by atoms with E-state index in [0.717, 1.165) is 22.3 Å². The van der Waals surface area contributed by atoms with Crippen LogP contribution in [0.1, 0.15) is 5.69 Å². The van der Waals surface area contributed by atoms with E-state index in [1.54, 1.807) is 6.07 Å². The van der Waals surface area contributed by atoms with Gasteiger partial charge in [-0.05, 0) is 31.2 Å². The third-order valence-electron chi connectivity index (χ3n) is 5.63. The minimum Gasteiger partial charge on any atom is -0.493 e. The number of methoxy groups -OCH3 is 1. The highest BCUT2D eigenvalue weighted by molar-refractivity contribution is 6.35. The summed E-state index contributed by atoms with van der Waals surface area (Å²) in [5.41, 5.74) is 3.73. The second-order valence-electron chi connectivity index (χ2n) is 7.63. The molecule has 8 nitrogen and oxygen atoms in total. The zero-order chi connectivity index (χ0) is 23.1. The number of H-pyrrole nitrogens is 2. The maximum atomic E-state index is 14.2. The summed E-state index contributed by atoms with van der Waals surface area (Å²) in [4.78, 5) is 20.5. The van der Waals surface area contributed by atoms with Crippen LogP contribution in [0.25, 0.3) is 33.1 Å². The molecular weight excluding hydrogens is 447 g/mol. The molecule has 0 atom stereocenters. The first kappa shape index (κ1) is 21.0. The Hall–Kier alpha value is -3.85. The van der Waals surface area contributed by atoms with Crippen molar-refractivity contribution in [1.29, 1.82) is 0 Å². The Bertz CT molecular complexity index is 1550. The lowest BCUT2D eigenvalue weighted by atomic mass is 10.1. The van der Waals surface area contributed by atoms with E-state index in [-0.39, 0.29) is 11.3 Å². The van der Waals surface area contributed by atoms with Crippen molar-refractivity contribution in [1.82, 2.24) is 24.7 Å². The summed E-state index contributed by atoms with van der Waals surface area (Å²) >= 11 is 6.35. The first-order chi connectivity index (χ1) is 16.0. The van der Waals surface area contributed by atoms with Crippen molar-refractivity contribution >= 4 is 39.2 Å². The van der Waals surface area contributed by atoms with Gasteiger partial charge in [-0.3, -0.25) is 15.0 Å². The number of aromatic amines is 2. The first-order valence-corrected chi connectivity index (χ1v) is 10.6. The predicted molar refractivity (Wildman–Crippen MR) is 127 cm³/mol. The molecule has 0 aliphatic rings. The smallest absolute Gasteiger partial charge is 0.271 e. The number of benzene rings is 2. The van der Waals surface area contributed by atoms with E-state index in [4.69, 9.17) is 16.3 Å². The average Bonchev–Trinajstić information content (AvgIpc) is 3.34. The number of hydrogen-bond donors (Lipinski definition) is 3. The topological polar surface area (TPSA) is 101 Å². The van der Waals surface area contributed by atoms with Crippen LogP contribution in [-0.2, 0) is 6.54 Å². The molecule has 0 amide bonds. The number of ether oxygens (including phenoxy) is 1. The van der Waals surface area contributed by atoms with E-state index in [0.29, 0.717) is 40.4 Å². The highest BCUT2D eigenvalue weighted by Gasteiger charge is 2.17. The van der Waals surface area contributed by atoms with Crippen molar-refractivity contribution < 1.29 is 9.13 Å². The Morgan fingerprint density at radius 2 is 2.00 bits per heavy atom. The molecule has 0 aliphatic heterocycles. The van der Waals surface area contributed by atoms with Gasteiger partial charge in [0.2, 0.25) is 0 Å². The number of nitrogens with one attached hydrogen (secondary N) is 3. The highest BCUT2D eigenvalue weighted by atomic mass is 35.5. The van der Waals surface area contributed by atoms with Crippen molar-refractivity contribution in [2.75, 3.05) is 19.0 Å². The maximum absolute atomic E-state index is 14.2. The summed E-state index contributed by atoms with van der Waals surface area (Å²) in [5, 5.41) is 10.2. The van der Waals surface area contributed by atoms with Crippen LogP contribution >= 0.6 is 11.6 Å². The number of aryl methyl sites for hydroxylation is 1. The lowest BCUT2D eigenvalue weighted by molar-refractivity contribution is 0.392. The van der Waals surface area contributed by atoms with Crippen LogP contribution in [0.5, 0.6) is 5.75 Å². The van der Waals surface area contributed by atoms with Gasteiger partial charge < -0.3 is 14.6 Å². The third-order valence-corrected chi connectivity index (χ3v) is 5.92. The van der Waals surface area contributed by atoms with Crippen LogP contribution in [0, 0.1) is 12.7 Å². The molecule has 0 saturated carbocycles. The van der Waals surface area contributed by atoms with E-state index in [9.17, 15) is 9.18 Å². The molecule has 0 bridgehead atoms. The quantitative estimate of drug-likeness (QED) is 0.342. The van der Waals surface area contributed by atoms with Crippen LogP contribution in [0.2, 0.25) is 5.02 Å². The first-order valence-electron chi connectivity index (χ1n) is 10.2. The molecule has 0 radical (unpaired) electrons. The predicted octanol–water partition coefficient (Wildman–Crippen LogP) is 4.49. The van der Waals surface area contributed by atoms with Gasteiger partial charge >= 0.3 is 0 Å². The normalized spacial score (nSPS) is 11.4. The molecule has 3 N–H and O–H groups in total. The number of nitrogens with zero attached hydrogens (tertiary/aromatic N) is 3. The molecule has 0 saturated heterocycles. The van der Waals surface area contributed by atoms with Crippen LogP contribution in [0.3, 0.4) is 0 Å². The molecule has 3 aromatic heterocycles. The van der Waals surface area contributed by atoms with Crippen LogP contribution in [0.4, 0.5) is 10.2 Å². The minimum atomic E-state index is -0.487. The van der Waals surface area contributed by atoms with E-state index in [1.165, 1.54) is 19.5 Å². The van der Waals surface area contributed by atoms with Crippen molar-refractivity contribution in [3.05, 3.63) is 69.6 Å². The summed E-state index contributed by atoms with van der Waals surface area (Å²) in [6.45, 7) is 3.07. The van der Waals surface area contributed by atoms with E-state index >= 15 is 0 Å². The second kappa shape index (κ2) is 8.25. The Balaban J connectivity index is 1.38. The van der Waals surface area contributed by atoms with Gasteiger partial charge in [0, 0.05) is 35.8 Å². The Morgan fingerprint density at radius 3 is 2.82 bits per heavy atom. The molecule has 0 aliphatic carbocycles. The van der Waals surface area contributed by atoms with Crippen LogP contribution in [-0.4, -0.2) is 38.4 Å². The summed E-state index contributed by atoms with van der Waals surface area (Å²) in [6.07, 6.45) is 1.48. The number of anilines is 1. The Labute approximate surface area is 192 Å². The lowest BCUT2D eigenvalue weighted by Crippen LogP contribution is -2.12. The second-order valence-corrected chi connectivity index (χ2v) is 8.04.